The first-order valence-corrected chi connectivity index (χ1v) is 10.1. The third-order valence-electron chi connectivity index (χ3n) is 5.26. The summed E-state index contributed by atoms with van der Waals surface area (Å²) in [6.45, 7) is 0. The Bertz CT molecular complexity index is 1250. The zero-order chi connectivity index (χ0) is 23.7. The summed E-state index contributed by atoms with van der Waals surface area (Å²) >= 11 is 0. The number of nitrogens with one attached hydrogen (secondary N) is 1. The molecular formula is C25H21F2N3O3. The van der Waals surface area contributed by atoms with Crippen molar-refractivity contribution in [1.29, 1.82) is 0 Å². The molecule has 0 spiro atoms. The summed E-state index contributed by atoms with van der Waals surface area (Å²) < 4.78 is 33.5. The van der Waals surface area contributed by atoms with Crippen LogP contribution >= 0.6 is 0 Å². The number of carbonyl (C=O) groups is 2. The zero-order valence-corrected chi connectivity index (χ0v) is 18.2. The number of hydrogen-bond donors (Lipinski definition) is 1. The molecule has 0 atom stereocenters. The van der Waals surface area contributed by atoms with E-state index in [0.29, 0.717) is 21.9 Å². The maximum absolute atomic E-state index is 14.5. The minimum Gasteiger partial charge on any atom is -0.497 e. The van der Waals surface area contributed by atoms with Crippen molar-refractivity contribution in [3.63, 3.8) is 0 Å². The number of methoxy groups -OCH3 is 1. The second-order valence-electron chi connectivity index (χ2n) is 7.59. The van der Waals surface area contributed by atoms with E-state index in [0.717, 1.165) is 23.9 Å². The minimum atomic E-state index is -0.885. The van der Waals surface area contributed by atoms with Crippen molar-refractivity contribution in [1.82, 2.24) is 0 Å². The molecule has 3 aromatic carbocycles. The van der Waals surface area contributed by atoms with Crippen LogP contribution in [0.15, 0.2) is 72.4 Å². The van der Waals surface area contributed by atoms with E-state index in [2.05, 4.69) is 5.32 Å². The molecule has 2 amide bonds. The van der Waals surface area contributed by atoms with Crippen molar-refractivity contribution in [3.8, 4) is 5.75 Å². The first-order chi connectivity index (χ1) is 15.8. The molecule has 4 rings (SSSR count). The zero-order valence-electron chi connectivity index (χ0n) is 18.2. The van der Waals surface area contributed by atoms with Crippen LogP contribution in [-0.4, -0.2) is 33.0 Å². The van der Waals surface area contributed by atoms with Crippen molar-refractivity contribution in [2.24, 2.45) is 0 Å². The van der Waals surface area contributed by atoms with E-state index in [1.165, 1.54) is 7.11 Å². The van der Waals surface area contributed by atoms with Crippen LogP contribution in [0.4, 0.5) is 25.8 Å². The van der Waals surface area contributed by atoms with Crippen LogP contribution < -0.4 is 19.9 Å². The molecule has 0 saturated carbocycles. The van der Waals surface area contributed by atoms with Gasteiger partial charge in [0, 0.05) is 31.5 Å². The standard InChI is InChI=1S/C25H21F2N3O3/c1-29(2)18-9-7-17(8-10-18)28-23-22(15-4-11-19(33-3)12-5-15)24(31)30(25(23)32)21-14-16(26)6-13-20(21)27/h4-14,28H,1-3H3. The number of anilines is 3. The third kappa shape index (κ3) is 4.15. The van der Waals surface area contributed by atoms with Crippen LogP contribution in [0.5, 0.6) is 5.75 Å². The van der Waals surface area contributed by atoms with Crippen LogP contribution in [0, 0.1) is 11.6 Å². The van der Waals surface area contributed by atoms with Gasteiger partial charge < -0.3 is 15.0 Å². The Morgan fingerprint density at radius 1 is 0.879 bits per heavy atom. The monoisotopic (exact) mass is 449 g/mol. The Kier molecular flexibility index (Phi) is 5.83. The van der Waals surface area contributed by atoms with Gasteiger partial charge in [0.15, 0.2) is 0 Å². The van der Waals surface area contributed by atoms with Crippen molar-refractivity contribution in [2.75, 3.05) is 36.3 Å². The predicted octanol–water partition coefficient (Wildman–Crippen LogP) is 4.44. The molecule has 1 N–H and O–H groups in total. The lowest BCUT2D eigenvalue weighted by atomic mass is 10.0. The van der Waals surface area contributed by atoms with Crippen LogP contribution in [0.3, 0.4) is 0 Å². The topological polar surface area (TPSA) is 61.9 Å². The molecule has 0 aliphatic carbocycles. The van der Waals surface area contributed by atoms with Gasteiger partial charge >= 0.3 is 0 Å². The van der Waals surface area contributed by atoms with Gasteiger partial charge in [0.05, 0.1) is 18.4 Å². The summed E-state index contributed by atoms with van der Waals surface area (Å²) in [7, 11) is 5.31. The number of carbonyl (C=O) groups excluding carboxylic acids is 2. The van der Waals surface area contributed by atoms with E-state index in [1.807, 2.05) is 31.1 Å². The second kappa shape index (κ2) is 8.74. The molecule has 8 heteroatoms. The summed E-state index contributed by atoms with van der Waals surface area (Å²) in [6, 6.07) is 16.4. The summed E-state index contributed by atoms with van der Waals surface area (Å²) in [4.78, 5) is 29.3. The van der Waals surface area contributed by atoms with Crippen molar-refractivity contribution < 1.29 is 23.1 Å². The molecule has 6 nitrogen and oxygen atoms in total. The van der Waals surface area contributed by atoms with E-state index < -0.39 is 29.1 Å². The molecule has 33 heavy (non-hydrogen) atoms. The Balaban J connectivity index is 1.80. The number of ether oxygens (including phenoxy) is 1. The Hall–Kier alpha value is -4.20. The van der Waals surface area contributed by atoms with Gasteiger partial charge in [0.1, 0.15) is 23.1 Å². The Labute approximate surface area is 189 Å². The van der Waals surface area contributed by atoms with Crippen LogP contribution in [0.25, 0.3) is 5.57 Å². The lowest BCUT2D eigenvalue weighted by Gasteiger charge is -2.16. The van der Waals surface area contributed by atoms with E-state index in [-0.39, 0.29) is 11.3 Å². The number of amides is 2. The van der Waals surface area contributed by atoms with Gasteiger partial charge in [0.2, 0.25) is 0 Å². The van der Waals surface area contributed by atoms with Crippen LogP contribution in [0.2, 0.25) is 0 Å². The molecule has 0 unspecified atom stereocenters. The summed E-state index contributed by atoms with van der Waals surface area (Å²) in [5.41, 5.74) is 1.50. The first kappa shape index (κ1) is 22.0. The van der Waals surface area contributed by atoms with E-state index >= 15 is 0 Å². The largest absolute Gasteiger partial charge is 0.497 e. The second-order valence-corrected chi connectivity index (χ2v) is 7.59. The lowest BCUT2D eigenvalue weighted by Crippen LogP contribution is -2.33. The van der Waals surface area contributed by atoms with E-state index in [9.17, 15) is 18.4 Å². The lowest BCUT2D eigenvalue weighted by molar-refractivity contribution is -0.120. The highest BCUT2D eigenvalue weighted by Crippen LogP contribution is 2.35. The molecule has 0 aromatic heterocycles. The van der Waals surface area contributed by atoms with Crippen molar-refractivity contribution >= 4 is 34.4 Å². The third-order valence-corrected chi connectivity index (χ3v) is 5.26. The van der Waals surface area contributed by atoms with Gasteiger partial charge in [0.25, 0.3) is 11.8 Å². The Morgan fingerprint density at radius 2 is 1.55 bits per heavy atom. The quantitative estimate of drug-likeness (QED) is 0.564. The number of rotatable bonds is 6. The van der Waals surface area contributed by atoms with Gasteiger partial charge in [-0.1, -0.05) is 12.1 Å². The number of nitrogens with zero attached hydrogens (tertiary/aromatic N) is 2. The predicted molar refractivity (Wildman–Crippen MR) is 123 cm³/mol. The highest BCUT2D eigenvalue weighted by molar-refractivity contribution is 6.46. The molecular weight excluding hydrogens is 428 g/mol. The van der Waals surface area contributed by atoms with Crippen LogP contribution in [-0.2, 0) is 9.59 Å². The van der Waals surface area contributed by atoms with Crippen molar-refractivity contribution in [3.05, 3.63) is 89.6 Å². The summed E-state index contributed by atoms with van der Waals surface area (Å²) in [6.07, 6.45) is 0. The number of benzene rings is 3. The maximum atomic E-state index is 14.5. The summed E-state index contributed by atoms with van der Waals surface area (Å²) in [5, 5.41) is 3.00. The van der Waals surface area contributed by atoms with Gasteiger partial charge in [-0.05, 0) is 54.1 Å². The highest BCUT2D eigenvalue weighted by atomic mass is 19.1. The number of imide groups is 1. The normalized spacial score (nSPS) is 13.5. The summed E-state index contributed by atoms with van der Waals surface area (Å²) in [5.74, 6) is -2.63. The molecule has 0 radical (unpaired) electrons. The van der Waals surface area contributed by atoms with Gasteiger partial charge in [-0.25, -0.2) is 13.7 Å². The van der Waals surface area contributed by atoms with Gasteiger partial charge in [-0.2, -0.15) is 0 Å². The Morgan fingerprint density at radius 3 is 2.15 bits per heavy atom. The van der Waals surface area contributed by atoms with Gasteiger partial charge in [-0.3, -0.25) is 9.59 Å². The fraction of sp³-hybridized carbons (Fsp3) is 0.120. The van der Waals surface area contributed by atoms with Crippen molar-refractivity contribution in [2.45, 2.75) is 0 Å². The molecule has 1 aliphatic rings. The average Bonchev–Trinajstić information content (AvgIpc) is 3.05. The molecule has 0 saturated heterocycles. The first-order valence-electron chi connectivity index (χ1n) is 10.1. The molecule has 1 aliphatic heterocycles. The van der Waals surface area contributed by atoms with E-state index in [4.69, 9.17) is 4.74 Å². The molecule has 0 fully saturated rings. The van der Waals surface area contributed by atoms with Crippen LogP contribution in [0.1, 0.15) is 5.56 Å². The highest BCUT2D eigenvalue weighted by Gasteiger charge is 2.41. The number of halogens is 2. The minimum absolute atomic E-state index is 0.0357. The maximum Gasteiger partial charge on any atom is 0.282 e. The fourth-order valence-corrected chi connectivity index (χ4v) is 3.53. The smallest absolute Gasteiger partial charge is 0.282 e. The SMILES string of the molecule is COc1ccc(C2=C(Nc3ccc(N(C)C)cc3)C(=O)N(c3cc(F)ccc3F)C2=O)cc1. The fourth-order valence-electron chi connectivity index (χ4n) is 3.53. The average molecular weight is 449 g/mol. The molecule has 0 bridgehead atoms. The molecule has 3 aromatic rings. The number of hydrogen-bond acceptors (Lipinski definition) is 5. The molecule has 1 heterocycles. The van der Waals surface area contributed by atoms with E-state index in [1.54, 1.807) is 36.4 Å². The van der Waals surface area contributed by atoms with Gasteiger partial charge in [-0.15, -0.1) is 0 Å². The molecule has 168 valence electrons.